The van der Waals surface area contributed by atoms with Gasteiger partial charge in [-0.3, -0.25) is 9.59 Å². The van der Waals surface area contributed by atoms with Gasteiger partial charge in [-0.2, -0.15) is 8.78 Å². The number of ether oxygens (including phenoxy) is 1. The van der Waals surface area contributed by atoms with E-state index < -0.39 is 65.7 Å². The third-order valence-corrected chi connectivity index (χ3v) is 2.99. The van der Waals surface area contributed by atoms with E-state index in [9.17, 15) is 31.9 Å². The van der Waals surface area contributed by atoms with Crippen LogP contribution in [0.25, 0.3) is 0 Å². The lowest BCUT2D eigenvalue weighted by molar-refractivity contribution is -0.143. The van der Waals surface area contributed by atoms with E-state index in [2.05, 4.69) is 10.1 Å². The minimum absolute atomic E-state index is 0.0247. The highest BCUT2D eigenvalue weighted by atomic mass is 19.2. The fourth-order valence-corrected chi connectivity index (χ4v) is 1.81. The van der Waals surface area contributed by atoms with Gasteiger partial charge in [-0.15, -0.1) is 0 Å². The number of Topliss-reactive ketones (excluding diaryl/α,β-unsaturated/α-hetero) is 1. The molecule has 25 heavy (non-hydrogen) atoms. The quantitative estimate of drug-likeness (QED) is 0.515. The average Bonchev–Trinajstić information content (AvgIpc) is 2.52. The second kappa shape index (κ2) is 9.00. The molecular formula is C15H15F4NO5. The number of amides is 1. The number of carbonyl (C=O) groups excluding carboxylic acids is 2. The number of carboxylic acids is 1. The minimum atomic E-state index is -1.82. The molecule has 0 aliphatic carbocycles. The summed E-state index contributed by atoms with van der Waals surface area (Å²) in [4.78, 5) is 34.1. The molecule has 0 heterocycles. The van der Waals surface area contributed by atoms with Crippen LogP contribution in [0.15, 0.2) is 6.07 Å². The van der Waals surface area contributed by atoms with Crippen LogP contribution < -0.4 is 10.1 Å². The zero-order chi connectivity index (χ0) is 19.1. The number of hydrogen-bond acceptors (Lipinski definition) is 4. The molecule has 6 nitrogen and oxygen atoms in total. The van der Waals surface area contributed by atoms with E-state index in [1.165, 1.54) is 0 Å². The number of rotatable bonds is 9. The molecule has 138 valence electrons. The van der Waals surface area contributed by atoms with Crippen LogP contribution in [0.4, 0.5) is 17.6 Å². The summed E-state index contributed by atoms with van der Waals surface area (Å²) in [6, 6.07) is -1.59. The van der Waals surface area contributed by atoms with Crippen LogP contribution in [-0.2, 0) is 14.4 Å². The molecule has 0 aromatic heterocycles. The number of halogens is 4. The number of nitrogens with one attached hydrogen (secondary N) is 1. The third kappa shape index (κ3) is 5.73. The van der Waals surface area contributed by atoms with Crippen molar-refractivity contribution in [2.24, 2.45) is 0 Å². The Balaban J connectivity index is 2.73. The molecule has 1 atom stereocenters. The molecule has 1 aromatic rings. The molecule has 0 saturated heterocycles. The predicted octanol–water partition coefficient (Wildman–Crippen LogP) is 1.95. The Kier molecular flexibility index (Phi) is 7.34. The van der Waals surface area contributed by atoms with Crippen LogP contribution in [0.3, 0.4) is 0 Å². The summed E-state index contributed by atoms with van der Waals surface area (Å²) in [6.45, 7) is 0.653. The molecule has 0 bridgehead atoms. The van der Waals surface area contributed by atoms with E-state index in [0.29, 0.717) is 6.42 Å². The summed E-state index contributed by atoms with van der Waals surface area (Å²) in [6.07, 6.45) is -0.224. The molecule has 0 spiro atoms. The number of carboxylic acid groups (broad SMARTS) is 1. The Morgan fingerprint density at radius 1 is 1.16 bits per heavy atom. The van der Waals surface area contributed by atoms with Gasteiger partial charge in [0, 0.05) is 18.9 Å². The first kappa shape index (κ1) is 20.4. The van der Waals surface area contributed by atoms with Crippen molar-refractivity contribution in [1.29, 1.82) is 0 Å². The number of hydrogen-bond donors (Lipinski definition) is 2. The van der Waals surface area contributed by atoms with Crippen molar-refractivity contribution >= 4 is 17.7 Å². The van der Waals surface area contributed by atoms with E-state index >= 15 is 0 Å². The maximum Gasteiger partial charge on any atom is 0.326 e. The van der Waals surface area contributed by atoms with Gasteiger partial charge in [0.25, 0.3) is 0 Å². The van der Waals surface area contributed by atoms with E-state index in [-0.39, 0.29) is 12.5 Å². The van der Waals surface area contributed by atoms with Gasteiger partial charge >= 0.3 is 5.97 Å². The van der Waals surface area contributed by atoms with Gasteiger partial charge in [-0.1, -0.05) is 6.92 Å². The van der Waals surface area contributed by atoms with Crippen molar-refractivity contribution in [3.05, 3.63) is 29.3 Å². The second-order valence-electron chi connectivity index (χ2n) is 5.04. The van der Waals surface area contributed by atoms with Crippen molar-refractivity contribution in [3.63, 3.8) is 0 Å². The van der Waals surface area contributed by atoms with Crippen molar-refractivity contribution in [2.75, 3.05) is 6.61 Å². The van der Waals surface area contributed by atoms with Crippen molar-refractivity contribution in [1.82, 2.24) is 5.32 Å². The van der Waals surface area contributed by atoms with Crippen LogP contribution in [0, 0.1) is 23.3 Å². The minimum Gasteiger partial charge on any atom is -0.480 e. The van der Waals surface area contributed by atoms with Gasteiger partial charge in [0.1, 0.15) is 12.6 Å². The molecule has 0 aliphatic rings. The highest BCUT2D eigenvalue weighted by Gasteiger charge is 2.25. The zero-order valence-electron chi connectivity index (χ0n) is 13.1. The average molecular weight is 365 g/mol. The lowest BCUT2D eigenvalue weighted by Gasteiger charge is -2.14. The van der Waals surface area contributed by atoms with Crippen molar-refractivity contribution in [2.45, 2.75) is 32.2 Å². The molecule has 1 aromatic carbocycles. The Morgan fingerprint density at radius 3 is 2.20 bits per heavy atom. The van der Waals surface area contributed by atoms with Crippen LogP contribution in [0.2, 0.25) is 0 Å². The fraction of sp³-hybridized carbons (Fsp3) is 0.400. The Morgan fingerprint density at radius 2 is 1.72 bits per heavy atom. The van der Waals surface area contributed by atoms with Gasteiger partial charge in [0.05, 0.1) is 0 Å². The Hall–Kier alpha value is -2.65. The number of carbonyl (C=O) groups is 3. The standard InChI is InChI=1S/C15H15F4NO5/c1-2-3-11(22)20-10(15(23)24)4-7(21)6-25-14-12(18)8(16)5-9(17)13(14)19/h5,10H,2-4,6H2,1H3,(H,20,22)(H,23,24). The van der Waals surface area contributed by atoms with Gasteiger partial charge in [-0.05, 0) is 6.42 Å². The summed E-state index contributed by atoms with van der Waals surface area (Å²) in [5.41, 5.74) is 0. The van der Waals surface area contributed by atoms with Crippen LogP contribution in [0.5, 0.6) is 5.75 Å². The van der Waals surface area contributed by atoms with E-state index in [0.717, 1.165) is 0 Å². The molecule has 10 heteroatoms. The maximum atomic E-state index is 13.4. The lowest BCUT2D eigenvalue weighted by Crippen LogP contribution is -2.42. The van der Waals surface area contributed by atoms with Gasteiger partial charge in [-0.25, -0.2) is 13.6 Å². The summed E-state index contributed by atoms with van der Waals surface area (Å²) >= 11 is 0. The monoisotopic (exact) mass is 365 g/mol. The normalized spacial score (nSPS) is 11.7. The summed E-state index contributed by atoms with van der Waals surface area (Å²) in [5.74, 6) is -11.5. The van der Waals surface area contributed by atoms with E-state index in [4.69, 9.17) is 5.11 Å². The molecule has 1 unspecified atom stereocenters. The second-order valence-corrected chi connectivity index (χ2v) is 5.04. The summed E-state index contributed by atoms with van der Waals surface area (Å²) < 4.78 is 57.2. The first-order chi connectivity index (χ1) is 11.7. The van der Waals surface area contributed by atoms with E-state index in [1.807, 2.05) is 0 Å². The molecule has 2 N–H and O–H groups in total. The van der Waals surface area contributed by atoms with Gasteiger partial charge in [0.2, 0.25) is 17.5 Å². The Bertz CT molecular complexity index is 654. The molecular weight excluding hydrogens is 350 g/mol. The summed E-state index contributed by atoms with van der Waals surface area (Å²) in [5, 5.41) is 11.1. The zero-order valence-corrected chi connectivity index (χ0v) is 13.1. The lowest BCUT2D eigenvalue weighted by atomic mass is 10.1. The summed E-state index contributed by atoms with van der Waals surface area (Å²) in [7, 11) is 0. The van der Waals surface area contributed by atoms with E-state index in [1.54, 1.807) is 6.92 Å². The van der Waals surface area contributed by atoms with Crippen molar-refractivity contribution < 1.29 is 41.8 Å². The predicted molar refractivity (Wildman–Crippen MR) is 75.9 cm³/mol. The SMILES string of the molecule is CCCC(=O)NC(CC(=O)COc1c(F)c(F)cc(F)c1F)C(=O)O. The Labute approximate surface area is 139 Å². The molecule has 0 fully saturated rings. The molecule has 1 amide bonds. The van der Waals surface area contributed by atoms with Crippen LogP contribution in [0.1, 0.15) is 26.2 Å². The topological polar surface area (TPSA) is 92.7 Å². The first-order valence-corrected chi connectivity index (χ1v) is 7.17. The first-order valence-electron chi connectivity index (χ1n) is 7.17. The molecule has 0 radical (unpaired) electrons. The molecule has 0 saturated carbocycles. The maximum absolute atomic E-state index is 13.4. The number of ketones is 1. The van der Waals surface area contributed by atoms with Crippen molar-refractivity contribution in [3.8, 4) is 5.75 Å². The highest BCUT2D eigenvalue weighted by Crippen LogP contribution is 2.26. The molecule has 1 rings (SSSR count). The molecule has 0 aliphatic heterocycles. The smallest absolute Gasteiger partial charge is 0.326 e. The largest absolute Gasteiger partial charge is 0.480 e. The number of benzene rings is 1. The van der Waals surface area contributed by atoms with Crippen LogP contribution >= 0.6 is 0 Å². The third-order valence-electron chi connectivity index (χ3n) is 2.99. The fourth-order valence-electron chi connectivity index (χ4n) is 1.81. The van der Waals surface area contributed by atoms with Crippen LogP contribution in [-0.4, -0.2) is 35.4 Å². The number of aliphatic carboxylic acids is 1. The van der Waals surface area contributed by atoms with Gasteiger partial charge in [0.15, 0.2) is 23.2 Å². The highest BCUT2D eigenvalue weighted by molar-refractivity contribution is 5.90. The van der Waals surface area contributed by atoms with Gasteiger partial charge < -0.3 is 15.2 Å².